The third-order valence-electron chi connectivity index (χ3n) is 2.79. The Bertz CT molecular complexity index is 613. The summed E-state index contributed by atoms with van der Waals surface area (Å²) in [5.41, 5.74) is 0.161. The van der Waals surface area contributed by atoms with E-state index < -0.39 is 10.8 Å². The standard InChI is InChI=1S/C12H13NO7/c1-16-8-6-5-7(13(14)15)20-9(6)11(18-3)12(19-4)10(8)17-2/h5H,1-4H3. The van der Waals surface area contributed by atoms with Gasteiger partial charge in [-0.1, -0.05) is 0 Å². The molecule has 0 N–H and O–H groups in total. The van der Waals surface area contributed by atoms with Crippen molar-refractivity contribution in [2.45, 2.75) is 0 Å². The number of furan rings is 1. The first-order valence-electron chi connectivity index (χ1n) is 5.52. The monoisotopic (exact) mass is 283 g/mol. The number of nitrogens with zero attached hydrogens (tertiary/aromatic N) is 1. The van der Waals surface area contributed by atoms with Gasteiger partial charge in [-0.3, -0.25) is 10.1 Å². The molecule has 0 saturated carbocycles. The molecule has 0 radical (unpaired) electrons. The Morgan fingerprint density at radius 3 is 1.90 bits per heavy atom. The smallest absolute Gasteiger partial charge is 0.434 e. The zero-order chi connectivity index (χ0) is 14.9. The van der Waals surface area contributed by atoms with Crippen LogP contribution in [0.15, 0.2) is 10.5 Å². The third kappa shape index (κ3) is 1.85. The van der Waals surface area contributed by atoms with Crippen LogP contribution >= 0.6 is 0 Å². The van der Waals surface area contributed by atoms with Gasteiger partial charge in [0.05, 0.1) is 39.9 Å². The number of benzene rings is 1. The number of methoxy groups -OCH3 is 4. The van der Waals surface area contributed by atoms with Gasteiger partial charge in [0.15, 0.2) is 11.3 Å². The lowest BCUT2D eigenvalue weighted by Crippen LogP contribution is -1.98. The van der Waals surface area contributed by atoms with Gasteiger partial charge >= 0.3 is 5.88 Å². The number of ether oxygens (including phenoxy) is 4. The van der Waals surface area contributed by atoms with Crippen molar-refractivity contribution < 1.29 is 28.3 Å². The lowest BCUT2D eigenvalue weighted by Gasteiger charge is -2.15. The fraction of sp³-hybridized carbons (Fsp3) is 0.333. The Morgan fingerprint density at radius 1 is 0.950 bits per heavy atom. The molecule has 8 nitrogen and oxygen atoms in total. The lowest BCUT2D eigenvalue weighted by molar-refractivity contribution is -0.401. The average molecular weight is 283 g/mol. The summed E-state index contributed by atoms with van der Waals surface area (Å²) >= 11 is 0. The van der Waals surface area contributed by atoms with E-state index >= 15 is 0 Å². The highest BCUT2D eigenvalue weighted by Crippen LogP contribution is 2.52. The minimum Gasteiger partial charge on any atom is -0.492 e. The van der Waals surface area contributed by atoms with Crippen molar-refractivity contribution in [3.8, 4) is 23.0 Å². The highest BCUT2D eigenvalue weighted by atomic mass is 16.6. The zero-order valence-electron chi connectivity index (χ0n) is 11.4. The van der Waals surface area contributed by atoms with E-state index in [1.807, 2.05) is 0 Å². The molecule has 0 amide bonds. The summed E-state index contributed by atoms with van der Waals surface area (Å²) in [5.74, 6) is 0.566. The second-order valence-electron chi connectivity index (χ2n) is 3.72. The normalized spacial score (nSPS) is 10.4. The summed E-state index contributed by atoms with van der Waals surface area (Å²) < 4.78 is 26.1. The summed E-state index contributed by atoms with van der Waals surface area (Å²) in [4.78, 5) is 10.2. The molecule has 2 aromatic rings. The van der Waals surface area contributed by atoms with Crippen molar-refractivity contribution in [3.05, 3.63) is 16.2 Å². The number of rotatable bonds is 5. The van der Waals surface area contributed by atoms with Crippen LogP contribution in [0.3, 0.4) is 0 Å². The van der Waals surface area contributed by atoms with Crippen molar-refractivity contribution in [1.82, 2.24) is 0 Å². The van der Waals surface area contributed by atoms with Gasteiger partial charge in [-0.05, 0) is 0 Å². The molecular formula is C12H13NO7. The van der Waals surface area contributed by atoms with E-state index in [1.165, 1.54) is 34.5 Å². The molecule has 0 atom stereocenters. The molecule has 0 aliphatic rings. The molecular weight excluding hydrogens is 270 g/mol. The van der Waals surface area contributed by atoms with Gasteiger partial charge in [0.2, 0.25) is 17.2 Å². The first-order chi connectivity index (χ1) is 9.58. The molecule has 108 valence electrons. The van der Waals surface area contributed by atoms with Gasteiger partial charge < -0.3 is 23.4 Å². The first kappa shape index (κ1) is 13.8. The largest absolute Gasteiger partial charge is 0.492 e. The van der Waals surface area contributed by atoms with Gasteiger partial charge in [-0.2, -0.15) is 0 Å². The molecule has 20 heavy (non-hydrogen) atoms. The van der Waals surface area contributed by atoms with Crippen LogP contribution in [0.1, 0.15) is 0 Å². The number of nitro groups is 1. The van der Waals surface area contributed by atoms with Gasteiger partial charge in [-0.25, -0.2) is 0 Å². The molecule has 1 aromatic heterocycles. The molecule has 0 aliphatic heterocycles. The molecule has 0 unspecified atom stereocenters. The Kier molecular flexibility index (Phi) is 3.55. The fourth-order valence-corrected chi connectivity index (χ4v) is 2.00. The summed E-state index contributed by atoms with van der Waals surface area (Å²) in [6.45, 7) is 0. The minimum absolute atomic E-state index is 0.161. The van der Waals surface area contributed by atoms with Crippen molar-refractivity contribution in [2.75, 3.05) is 28.4 Å². The molecule has 0 fully saturated rings. The maximum Gasteiger partial charge on any atom is 0.434 e. The van der Waals surface area contributed by atoms with Crippen molar-refractivity contribution in [2.24, 2.45) is 0 Å². The van der Waals surface area contributed by atoms with Gasteiger partial charge in [0.25, 0.3) is 0 Å². The van der Waals surface area contributed by atoms with E-state index in [1.54, 1.807) is 0 Å². The SMILES string of the molecule is COc1c(OC)c(OC)c2oc([N+](=O)[O-])cc2c1OC. The summed E-state index contributed by atoms with van der Waals surface area (Å²) in [6, 6.07) is 1.25. The van der Waals surface area contributed by atoms with Crippen molar-refractivity contribution in [3.63, 3.8) is 0 Å². The van der Waals surface area contributed by atoms with Crippen molar-refractivity contribution in [1.29, 1.82) is 0 Å². The lowest BCUT2D eigenvalue weighted by atomic mass is 10.2. The Balaban J connectivity index is 2.93. The number of fused-ring (bicyclic) bond motifs is 1. The van der Waals surface area contributed by atoms with Crippen LogP contribution in [0, 0.1) is 10.1 Å². The zero-order valence-corrected chi connectivity index (χ0v) is 11.4. The highest BCUT2D eigenvalue weighted by molar-refractivity contribution is 5.96. The molecule has 1 heterocycles. The average Bonchev–Trinajstić information content (AvgIpc) is 2.88. The maximum atomic E-state index is 10.8. The van der Waals surface area contributed by atoms with Crippen molar-refractivity contribution >= 4 is 16.9 Å². The second kappa shape index (κ2) is 5.16. The van der Waals surface area contributed by atoms with Crippen LogP contribution < -0.4 is 18.9 Å². The van der Waals surface area contributed by atoms with Crippen LogP contribution in [0.25, 0.3) is 11.0 Å². The van der Waals surface area contributed by atoms with Gasteiger partial charge in [0, 0.05) is 0 Å². The molecule has 0 saturated heterocycles. The Morgan fingerprint density at radius 2 is 1.45 bits per heavy atom. The highest BCUT2D eigenvalue weighted by Gasteiger charge is 2.28. The van der Waals surface area contributed by atoms with E-state index in [9.17, 15) is 10.1 Å². The second-order valence-corrected chi connectivity index (χ2v) is 3.72. The van der Waals surface area contributed by atoms with Crippen LogP contribution in [0.5, 0.6) is 23.0 Å². The van der Waals surface area contributed by atoms with Gasteiger partial charge in [-0.15, -0.1) is 0 Å². The number of hydrogen-bond acceptors (Lipinski definition) is 7. The fourth-order valence-electron chi connectivity index (χ4n) is 2.00. The molecule has 0 bridgehead atoms. The predicted octanol–water partition coefficient (Wildman–Crippen LogP) is 2.38. The van der Waals surface area contributed by atoms with E-state index in [0.717, 1.165) is 0 Å². The molecule has 2 rings (SSSR count). The van der Waals surface area contributed by atoms with E-state index in [2.05, 4.69) is 0 Å². The quantitative estimate of drug-likeness (QED) is 0.614. The molecule has 0 spiro atoms. The Labute approximate surface area is 113 Å². The van der Waals surface area contributed by atoms with Crippen LogP contribution in [-0.2, 0) is 0 Å². The first-order valence-corrected chi connectivity index (χ1v) is 5.52. The van der Waals surface area contributed by atoms with Gasteiger partial charge in [0.1, 0.15) is 4.92 Å². The summed E-state index contributed by atoms with van der Waals surface area (Å²) in [5, 5.41) is 11.2. The van der Waals surface area contributed by atoms with E-state index in [4.69, 9.17) is 23.4 Å². The maximum absolute atomic E-state index is 10.8. The van der Waals surface area contributed by atoms with Crippen LogP contribution in [-0.4, -0.2) is 33.4 Å². The summed E-state index contributed by atoms with van der Waals surface area (Å²) in [6.07, 6.45) is 0. The van der Waals surface area contributed by atoms with E-state index in [0.29, 0.717) is 5.39 Å². The van der Waals surface area contributed by atoms with E-state index in [-0.39, 0.29) is 28.6 Å². The predicted molar refractivity (Wildman–Crippen MR) is 69.1 cm³/mol. The van der Waals surface area contributed by atoms with Crippen LogP contribution in [0.4, 0.5) is 5.88 Å². The molecule has 0 aliphatic carbocycles. The van der Waals surface area contributed by atoms with Crippen LogP contribution in [0.2, 0.25) is 0 Å². The molecule has 8 heteroatoms. The Hall–Kier alpha value is -2.64. The number of hydrogen-bond donors (Lipinski definition) is 0. The minimum atomic E-state index is -0.641. The molecule has 1 aromatic carbocycles. The topological polar surface area (TPSA) is 93.2 Å². The third-order valence-corrected chi connectivity index (χ3v) is 2.79. The summed E-state index contributed by atoms with van der Waals surface area (Å²) in [7, 11) is 5.67.